The third kappa shape index (κ3) is 25.1. The monoisotopic (exact) mass is 187 g/mol. The first-order chi connectivity index (χ1) is 3.41. The number of hydrogen-bond acceptors (Lipinski definition) is 0. The van der Waals surface area contributed by atoms with Crippen LogP contribution in [0.2, 0.25) is 0 Å². The summed E-state index contributed by atoms with van der Waals surface area (Å²) in [6.07, 6.45) is 2.21. The largest absolute Gasteiger partial charge is 1.00 e. The molecule has 0 aromatic carbocycles. The number of unbranched alkanes of at least 4 members (excludes halogenated alkanes) is 1. The molecule has 0 fully saturated rings. The van der Waals surface area contributed by atoms with Crippen molar-refractivity contribution in [1.29, 1.82) is 0 Å². The van der Waals surface area contributed by atoms with E-state index in [1.54, 1.807) is 0 Å². The Kier molecular flexibility index (Phi) is 47.7. The molecule has 0 radical (unpaired) electrons. The first-order valence-electron chi connectivity index (χ1n) is 3.06. The van der Waals surface area contributed by atoms with Crippen LogP contribution in [0.4, 0.5) is 0 Å². The Balaban J connectivity index is -0.0000000750. The third-order valence-corrected chi connectivity index (χ3v) is 0.530. The van der Waals surface area contributed by atoms with E-state index in [1.165, 1.54) is 0 Å². The molecule has 1 nitrogen and oxygen atoms in total. The Morgan fingerprint density at radius 3 is 1.62 bits per heavy atom. The van der Waals surface area contributed by atoms with Gasteiger partial charge in [-0.05, 0) is 0 Å². The summed E-state index contributed by atoms with van der Waals surface area (Å²) in [6.45, 7) is 6.69. The van der Waals surface area contributed by atoms with Crippen molar-refractivity contribution < 1.29 is 58.2 Å². The second-order valence-electron chi connectivity index (χ2n) is 1.10. The fraction of sp³-hybridized carbons (Fsp3) is 1.00. The Labute approximate surface area is 102 Å². The summed E-state index contributed by atoms with van der Waals surface area (Å²) in [5.74, 6) is 0. The zero-order valence-electron chi connectivity index (χ0n) is 6.62. The van der Waals surface area contributed by atoms with Crippen LogP contribution in [-0.4, -0.2) is 6.54 Å². The van der Waals surface area contributed by atoms with Gasteiger partial charge in [0.05, 0.1) is 0 Å². The zero-order chi connectivity index (χ0) is 6.12. The maximum Gasteiger partial charge on any atom is 1.00 e. The fourth-order valence-electron chi connectivity index (χ4n) is 0.177. The van der Waals surface area contributed by atoms with Crippen LogP contribution in [0.3, 0.4) is 0 Å². The third-order valence-electron chi connectivity index (χ3n) is 0.530. The molecule has 0 aliphatic rings. The maximum atomic E-state index is 6.60. The van der Waals surface area contributed by atoms with Gasteiger partial charge in [-0.3, -0.25) is 0 Å². The van der Waals surface area contributed by atoms with Crippen LogP contribution in [0, 0.1) is 0 Å². The smallest absolute Gasteiger partial charge is 0.677 e. The van der Waals surface area contributed by atoms with Gasteiger partial charge >= 0.3 is 58.2 Å². The average Bonchev–Trinajstić information content (AvgIpc) is 1.75. The van der Waals surface area contributed by atoms with Gasteiger partial charge in [-0.15, -0.1) is 0 Å². The molecule has 2 heteroatoms. The van der Waals surface area contributed by atoms with Gasteiger partial charge in [0.1, 0.15) is 0 Å². The summed E-state index contributed by atoms with van der Waals surface area (Å²) in [5.41, 5.74) is 6.60. The molecule has 0 heterocycles. The van der Waals surface area contributed by atoms with Gasteiger partial charge in [0.15, 0.2) is 0 Å². The van der Waals surface area contributed by atoms with Gasteiger partial charge in [-0.25, -0.2) is 0 Å². The normalized spacial score (nSPS) is 6.00. The van der Waals surface area contributed by atoms with Crippen molar-refractivity contribution >= 4 is 0 Å². The van der Waals surface area contributed by atoms with Crippen LogP contribution >= 0.6 is 0 Å². The molecule has 0 aromatic rings. The van der Waals surface area contributed by atoms with Crippen LogP contribution in [0.25, 0.3) is 5.73 Å². The van der Waals surface area contributed by atoms with Crippen LogP contribution in [0.1, 0.15) is 33.6 Å². The van der Waals surface area contributed by atoms with E-state index in [9.17, 15) is 0 Å². The molecule has 0 saturated carbocycles. The molecule has 0 aromatic heterocycles. The van der Waals surface area contributed by atoms with Crippen LogP contribution in [0.5, 0.6) is 0 Å². The summed E-state index contributed by atoms with van der Waals surface area (Å²) in [6, 6.07) is 0. The molecule has 0 bridgehead atoms. The van der Waals surface area contributed by atoms with E-state index in [1.807, 2.05) is 13.8 Å². The quantitative estimate of drug-likeness (QED) is 0.575. The van der Waals surface area contributed by atoms with E-state index in [0.29, 0.717) is 6.54 Å². The van der Waals surface area contributed by atoms with Crippen LogP contribution < -0.4 is 58.2 Å². The molecular formula is C6H16NRb. The minimum absolute atomic E-state index is 0. The molecule has 0 unspecified atom stereocenters. The second kappa shape index (κ2) is 23.3. The summed E-state index contributed by atoms with van der Waals surface area (Å²) in [4.78, 5) is 0. The van der Waals surface area contributed by atoms with Gasteiger partial charge in [0.25, 0.3) is 0 Å². The molecule has 0 saturated heterocycles. The van der Waals surface area contributed by atoms with Crippen molar-refractivity contribution in [1.82, 2.24) is 0 Å². The van der Waals surface area contributed by atoms with Gasteiger partial charge < -0.3 is 5.73 Å². The first-order valence-corrected chi connectivity index (χ1v) is 3.06. The molecule has 0 rings (SSSR count). The Morgan fingerprint density at radius 2 is 1.62 bits per heavy atom. The first kappa shape index (κ1) is 16.4. The molecule has 0 aliphatic carbocycles. The molecular weight excluding hydrogens is 172 g/mol. The van der Waals surface area contributed by atoms with Gasteiger partial charge in [-0.1, -0.05) is 33.6 Å². The van der Waals surface area contributed by atoms with E-state index >= 15 is 0 Å². The summed E-state index contributed by atoms with van der Waals surface area (Å²) in [5, 5.41) is 0. The van der Waals surface area contributed by atoms with Gasteiger partial charge in [0, 0.05) is 0 Å². The summed E-state index contributed by atoms with van der Waals surface area (Å²) < 4.78 is 0. The molecule has 0 amide bonds. The Bertz CT molecular complexity index is 16.0. The standard InChI is InChI=1S/C4H10N.C2H6.Rb/c1-2-3-4-5;1-2;/h5H,2-4H2,1H3;1-2H3;/q-1;;+1. The molecule has 46 valence electrons. The molecule has 0 aliphatic heterocycles. The van der Waals surface area contributed by atoms with Gasteiger partial charge in [0.2, 0.25) is 0 Å². The topological polar surface area (TPSA) is 23.8 Å². The minimum atomic E-state index is 0. The van der Waals surface area contributed by atoms with Crippen LogP contribution in [0.15, 0.2) is 0 Å². The van der Waals surface area contributed by atoms with Crippen molar-refractivity contribution in [2.45, 2.75) is 33.6 Å². The zero-order valence-corrected chi connectivity index (χ0v) is 11.5. The van der Waals surface area contributed by atoms with Crippen molar-refractivity contribution in [2.24, 2.45) is 0 Å². The molecule has 0 spiro atoms. The average molecular weight is 188 g/mol. The summed E-state index contributed by atoms with van der Waals surface area (Å²) in [7, 11) is 0. The van der Waals surface area contributed by atoms with E-state index in [0.717, 1.165) is 12.8 Å². The van der Waals surface area contributed by atoms with Crippen molar-refractivity contribution in [3.8, 4) is 0 Å². The maximum absolute atomic E-state index is 6.60. The minimum Gasteiger partial charge on any atom is -0.677 e. The van der Waals surface area contributed by atoms with Crippen LogP contribution in [-0.2, 0) is 0 Å². The Morgan fingerprint density at radius 1 is 1.25 bits per heavy atom. The predicted molar refractivity (Wildman–Crippen MR) is 35.4 cm³/mol. The van der Waals surface area contributed by atoms with E-state index < -0.39 is 0 Å². The van der Waals surface area contributed by atoms with E-state index in [-0.39, 0.29) is 58.2 Å². The molecule has 1 N–H and O–H groups in total. The fourth-order valence-corrected chi connectivity index (χ4v) is 0.177. The summed E-state index contributed by atoms with van der Waals surface area (Å²) >= 11 is 0. The van der Waals surface area contributed by atoms with E-state index in [4.69, 9.17) is 5.73 Å². The SMILES string of the molecule is CC.CCCC[NH-].[Rb+]. The number of hydrogen-bond donors (Lipinski definition) is 0. The number of rotatable bonds is 2. The van der Waals surface area contributed by atoms with Crippen molar-refractivity contribution in [3.05, 3.63) is 5.73 Å². The van der Waals surface area contributed by atoms with Crippen molar-refractivity contribution in [3.63, 3.8) is 0 Å². The molecule has 0 atom stereocenters. The molecule has 8 heavy (non-hydrogen) atoms. The van der Waals surface area contributed by atoms with E-state index in [2.05, 4.69) is 6.92 Å². The van der Waals surface area contributed by atoms with Crippen molar-refractivity contribution in [2.75, 3.05) is 6.54 Å². The Hall–Kier alpha value is 1.77. The van der Waals surface area contributed by atoms with Gasteiger partial charge in [-0.2, -0.15) is 6.54 Å². The number of nitrogens with one attached hydrogen (secondary N) is 1. The predicted octanol–water partition coefficient (Wildman–Crippen LogP) is -0.131. The second-order valence-corrected chi connectivity index (χ2v) is 1.10.